The largest absolute Gasteiger partial charge is 0.477 e. The Morgan fingerprint density at radius 1 is 1.23 bits per heavy atom. The number of aromatic carboxylic acids is 1. The summed E-state index contributed by atoms with van der Waals surface area (Å²) in [5.74, 6) is -0.592. The number of nitrogens with zero attached hydrogens (tertiary/aromatic N) is 3. The van der Waals surface area contributed by atoms with Gasteiger partial charge in [0.25, 0.3) is 0 Å². The minimum absolute atomic E-state index is 0.0232. The number of aromatic nitrogens is 3. The van der Waals surface area contributed by atoms with Crippen LogP contribution in [-0.2, 0) is 13.5 Å². The molecule has 7 nitrogen and oxygen atoms in total. The molecule has 0 spiro atoms. The van der Waals surface area contributed by atoms with Crippen molar-refractivity contribution in [2.75, 3.05) is 0 Å². The Morgan fingerprint density at radius 3 is 2.65 bits per heavy atom. The van der Waals surface area contributed by atoms with E-state index in [9.17, 15) is 14.7 Å². The number of pyridine rings is 1. The molecule has 0 amide bonds. The standard InChI is InChI=1S/C24H23N3O4/c1-24(2,3)21-10-15-14-6-5-13(17-7-8-26(4)25-17)9-20(14)31-22(15)18-11-19(28)16(23(29)30)12-27(18)21/h5-9,11-12,21H,10H2,1-4H3,(H,29,30)/t21-/m0/s1. The second-order valence-electron chi connectivity index (χ2n) is 9.23. The Morgan fingerprint density at radius 2 is 2.00 bits per heavy atom. The maximum atomic E-state index is 12.5. The van der Waals surface area contributed by atoms with Gasteiger partial charge >= 0.3 is 5.97 Å². The molecule has 31 heavy (non-hydrogen) atoms. The van der Waals surface area contributed by atoms with Crippen molar-refractivity contribution in [3.63, 3.8) is 0 Å². The highest BCUT2D eigenvalue weighted by Crippen LogP contribution is 2.46. The van der Waals surface area contributed by atoms with E-state index in [4.69, 9.17) is 4.42 Å². The van der Waals surface area contributed by atoms with Gasteiger partial charge in [-0.15, -0.1) is 0 Å². The first-order valence-electron chi connectivity index (χ1n) is 10.2. The topological polar surface area (TPSA) is 90.3 Å². The summed E-state index contributed by atoms with van der Waals surface area (Å²) < 4.78 is 9.91. The van der Waals surface area contributed by atoms with E-state index < -0.39 is 11.4 Å². The minimum Gasteiger partial charge on any atom is -0.477 e. The van der Waals surface area contributed by atoms with Gasteiger partial charge in [-0.3, -0.25) is 9.48 Å². The molecule has 158 valence electrons. The number of furan rings is 1. The minimum atomic E-state index is -1.22. The number of carbonyl (C=O) groups is 1. The van der Waals surface area contributed by atoms with E-state index in [1.165, 1.54) is 12.3 Å². The van der Waals surface area contributed by atoms with Crippen LogP contribution >= 0.6 is 0 Å². The van der Waals surface area contributed by atoms with Crippen LogP contribution in [0.3, 0.4) is 0 Å². The van der Waals surface area contributed by atoms with Crippen LogP contribution in [0, 0.1) is 5.41 Å². The molecular formula is C24H23N3O4. The number of hydrogen-bond donors (Lipinski definition) is 1. The quantitative estimate of drug-likeness (QED) is 0.518. The van der Waals surface area contributed by atoms with Gasteiger partial charge in [-0.25, -0.2) is 4.79 Å². The van der Waals surface area contributed by atoms with Gasteiger partial charge in [0.1, 0.15) is 11.1 Å². The lowest BCUT2D eigenvalue weighted by molar-refractivity contribution is 0.0693. The zero-order valence-electron chi connectivity index (χ0n) is 17.8. The fraction of sp³-hybridized carbons (Fsp3) is 0.292. The molecule has 1 aliphatic rings. The molecule has 0 saturated carbocycles. The SMILES string of the molecule is Cn1ccc(-c2ccc3c4c(oc3c2)-c2cc(=O)c(C(=O)O)cn2[C@H](C(C)(C)C)C4)n1. The third-order valence-electron chi connectivity index (χ3n) is 6.08. The molecule has 5 rings (SSSR count). The van der Waals surface area contributed by atoms with Crippen LogP contribution in [0.5, 0.6) is 0 Å². The average Bonchev–Trinajstić information content (AvgIpc) is 3.29. The molecule has 7 heteroatoms. The van der Waals surface area contributed by atoms with E-state index in [2.05, 4.69) is 25.9 Å². The number of benzene rings is 1. The second kappa shape index (κ2) is 6.44. The van der Waals surface area contributed by atoms with Crippen LogP contribution in [0.2, 0.25) is 0 Å². The normalized spacial score (nSPS) is 15.7. The van der Waals surface area contributed by atoms with E-state index in [0.717, 1.165) is 27.8 Å². The Balaban J connectivity index is 1.75. The van der Waals surface area contributed by atoms with Crippen molar-refractivity contribution in [3.8, 4) is 22.7 Å². The summed E-state index contributed by atoms with van der Waals surface area (Å²) in [4.78, 5) is 24.1. The molecule has 0 fully saturated rings. The molecular weight excluding hydrogens is 394 g/mol. The summed E-state index contributed by atoms with van der Waals surface area (Å²) in [5, 5.41) is 14.9. The molecule has 1 aromatic carbocycles. The fourth-order valence-electron chi connectivity index (χ4n) is 4.45. The predicted molar refractivity (Wildman–Crippen MR) is 117 cm³/mol. The molecule has 0 bridgehead atoms. The van der Waals surface area contributed by atoms with Gasteiger partial charge in [0.15, 0.2) is 11.2 Å². The van der Waals surface area contributed by atoms with Crippen molar-refractivity contribution < 1.29 is 14.3 Å². The fourth-order valence-corrected chi connectivity index (χ4v) is 4.45. The van der Waals surface area contributed by atoms with Crippen molar-refractivity contribution in [2.24, 2.45) is 12.5 Å². The Bertz CT molecular complexity index is 1420. The van der Waals surface area contributed by atoms with Gasteiger partial charge in [-0.05, 0) is 24.0 Å². The monoisotopic (exact) mass is 417 g/mol. The smallest absolute Gasteiger partial charge is 0.341 e. The third kappa shape index (κ3) is 3.00. The molecule has 1 N–H and O–H groups in total. The molecule has 0 aliphatic carbocycles. The van der Waals surface area contributed by atoms with E-state index in [-0.39, 0.29) is 17.0 Å². The maximum Gasteiger partial charge on any atom is 0.341 e. The highest BCUT2D eigenvalue weighted by molar-refractivity contribution is 5.92. The number of carboxylic acids is 1. The van der Waals surface area contributed by atoms with Gasteiger partial charge in [-0.1, -0.05) is 32.9 Å². The van der Waals surface area contributed by atoms with Crippen molar-refractivity contribution in [1.29, 1.82) is 0 Å². The molecule has 0 unspecified atom stereocenters. The van der Waals surface area contributed by atoms with Crippen LogP contribution in [0.25, 0.3) is 33.7 Å². The summed E-state index contributed by atoms with van der Waals surface area (Å²) >= 11 is 0. The van der Waals surface area contributed by atoms with Gasteiger partial charge < -0.3 is 14.1 Å². The summed E-state index contributed by atoms with van der Waals surface area (Å²) in [7, 11) is 1.88. The van der Waals surface area contributed by atoms with E-state index in [1.54, 1.807) is 4.68 Å². The van der Waals surface area contributed by atoms with Crippen LogP contribution in [0.1, 0.15) is 42.7 Å². The lowest BCUT2D eigenvalue weighted by Crippen LogP contribution is -2.32. The summed E-state index contributed by atoms with van der Waals surface area (Å²) in [6.45, 7) is 6.35. The van der Waals surface area contributed by atoms with Crippen molar-refractivity contribution in [2.45, 2.75) is 33.2 Å². The zero-order valence-corrected chi connectivity index (χ0v) is 17.8. The average molecular weight is 417 g/mol. The van der Waals surface area contributed by atoms with Gasteiger partial charge in [-0.2, -0.15) is 5.10 Å². The van der Waals surface area contributed by atoms with Crippen LogP contribution < -0.4 is 5.43 Å². The Kier molecular flexibility index (Phi) is 4.02. The lowest BCUT2D eigenvalue weighted by atomic mass is 9.79. The van der Waals surface area contributed by atoms with E-state index >= 15 is 0 Å². The Hall–Kier alpha value is -3.61. The molecule has 1 aliphatic heterocycles. The van der Waals surface area contributed by atoms with Gasteiger partial charge in [0, 0.05) is 48.1 Å². The first kappa shape index (κ1) is 19.4. The number of carboxylic acid groups (broad SMARTS) is 1. The Labute approximate surface area is 178 Å². The predicted octanol–water partition coefficient (Wildman–Crippen LogP) is 4.50. The van der Waals surface area contributed by atoms with E-state index in [1.807, 2.05) is 42.1 Å². The number of fused-ring (bicyclic) bond motifs is 5. The molecule has 4 heterocycles. The van der Waals surface area contributed by atoms with Crippen molar-refractivity contribution >= 4 is 16.9 Å². The molecule has 4 aromatic rings. The van der Waals surface area contributed by atoms with Gasteiger partial charge in [0.2, 0.25) is 0 Å². The van der Waals surface area contributed by atoms with Crippen molar-refractivity contribution in [1.82, 2.24) is 14.3 Å². The summed E-state index contributed by atoms with van der Waals surface area (Å²) in [6.07, 6.45) is 4.04. The highest BCUT2D eigenvalue weighted by atomic mass is 16.4. The molecule has 0 saturated heterocycles. The second-order valence-corrected chi connectivity index (χ2v) is 9.23. The summed E-state index contributed by atoms with van der Waals surface area (Å²) in [5.41, 5.74) is 3.29. The maximum absolute atomic E-state index is 12.5. The number of aryl methyl sites for hydroxylation is 1. The third-order valence-corrected chi connectivity index (χ3v) is 6.08. The van der Waals surface area contributed by atoms with Crippen LogP contribution in [0.4, 0.5) is 0 Å². The van der Waals surface area contributed by atoms with Crippen molar-refractivity contribution in [3.05, 3.63) is 64.1 Å². The first-order valence-corrected chi connectivity index (χ1v) is 10.2. The molecule has 3 aromatic heterocycles. The van der Waals surface area contributed by atoms with E-state index in [0.29, 0.717) is 17.9 Å². The van der Waals surface area contributed by atoms with Crippen LogP contribution in [-0.4, -0.2) is 25.4 Å². The highest BCUT2D eigenvalue weighted by Gasteiger charge is 2.36. The zero-order chi connectivity index (χ0) is 22.1. The van der Waals surface area contributed by atoms with Gasteiger partial charge in [0.05, 0.1) is 11.4 Å². The molecule has 1 atom stereocenters. The van der Waals surface area contributed by atoms with Crippen LogP contribution in [0.15, 0.2) is 51.9 Å². The summed E-state index contributed by atoms with van der Waals surface area (Å²) in [6, 6.07) is 9.35. The lowest BCUT2D eigenvalue weighted by Gasteiger charge is -2.37. The number of hydrogen-bond acceptors (Lipinski definition) is 4. The molecule has 0 radical (unpaired) electrons. The first-order chi connectivity index (χ1) is 14.6. The number of rotatable bonds is 2.